The Balaban J connectivity index is 1.87. The summed E-state index contributed by atoms with van der Waals surface area (Å²) in [6.45, 7) is 4.10. The summed E-state index contributed by atoms with van der Waals surface area (Å²) >= 11 is 5.97. The van der Waals surface area contributed by atoms with Gasteiger partial charge >= 0.3 is 0 Å². The average Bonchev–Trinajstić information content (AvgIpc) is 2.43. The molecule has 0 aliphatic carbocycles. The first-order chi connectivity index (χ1) is 9.58. The minimum Gasteiger partial charge on any atom is -0.380 e. The normalized spacial score (nSPS) is 19.9. The Morgan fingerprint density at radius 2 is 2.35 bits per heavy atom. The number of likely N-dealkylation sites (tertiary alicyclic amines) is 1. The third kappa shape index (κ3) is 4.20. The smallest absolute Gasteiger partial charge is 0.238 e. The lowest BCUT2D eigenvalue weighted by Gasteiger charge is -2.31. The summed E-state index contributed by atoms with van der Waals surface area (Å²) in [7, 11) is 1.73. The van der Waals surface area contributed by atoms with Gasteiger partial charge in [0.1, 0.15) is 0 Å². The molecule has 2 rings (SSSR count). The summed E-state index contributed by atoms with van der Waals surface area (Å²) in [5.41, 5.74) is 1.75. The van der Waals surface area contributed by atoms with Crippen molar-refractivity contribution in [1.29, 1.82) is 0 Å². The fraction of sp³-hybridized carbons (Fsp3) is 0.533. The number of piperidine rings is 1. The number of anilines is 1. The number of benzene rings is 1. The van der Waals surface area contributed by atoms with E-state index in [0.29, 0.717) is 11.6 Å². The molecule has 0 spiro atoms. The lowest BCUT2D eigenvalue weighted by atomic mass is 10.1. The summed E-state index contributed by atoms with van der Waals surface area (Å²) in [5.74, 6) is 0.00322. The molecule has 1 atom stereocenters. The number of methoxy groups -OCH3 is 1. The molecule has 1 N–H and O–H groups in total. The number of aryl methyl sites for hydroxylation is 1. The maximum Gasteiger partial charge on any atom is 0.238 e. The number of carbonyl (C=O) groups is 1. The first kappa shape index (κ1) is 15.3. The van der Waals surface area contributed by atoms with Crippen molar-refractivity contribution in [2.45, 2.75) is 25.9 Å². The molecule has 20 heavy (non-hydrogen) atoms. The minimum absolute atomic E-state index is 0.00322. The highest BCUT2D eigenvalue weighted by Gasteiger charge is 2.21. The van der Waals surface area contributed by atoms with Crippen LogP contribution in [-0.2, 0) is 9.53 Å². The molecule has 110 valence electrons. The molecule has 1 aliphatic rings. The quantitative estimate of drug-likeness (QED) is 0.929. The van der Waals surface area contributed by atoms with Gasteiger partial charge in [-0.05, 0) is 50.1 Å². The highest BCUT2D eigenvalue weighted by Crippen LogP contribution is 2.19. The van der Waals surface area contributed by atoms with Crippen molar-refractivity contribution in [3.63, 3.8) is 0 Å². The van der Waals surface area contributed by atoms with Crippen LogP contribution in [0.4, 0.5) is 5.69 Å². The maximum absolute atomic E-state index is 12.0. The van der Waals surface area contributed by atoms with E-state index in [4.69, 9.17) is 16.3 Å². The number of halogens is 1. The summed E-state index contributed by atoms with van der Waals surface area (Å²) in [5, 5.41) is 3.62. The Kier molecular flexibility index (Phi) is 5.40. The lowest BCUT2D eigenvalue weighted by molar-refractivity contribution is -0.118. The van der Waals surface area contributed by atoms with Crippen molar-refractivity contribution in [2.24, 2.45) is 0 Å². The Bertz CT molecular complexity index is 479. The van der Waals surface area contributed by atoms with E-state index in [1.165, 1.54) is 0 Å². The molecule has 1 aromatic carbocycles. The van der Waals surface area contributed by atoms with Gasteiger partial charge in [0.05, 0.1) is 12.6 Å². The number of hydrogen-bond acceptors (Lipinski definition) is 3. The number of carbonyl (C=O) groups excluding carboxylic acids is 1. The largest absolute Gasteiger partial charge is 0.380 e. The van der Waals surface area contributed by atoms with Crippen LogP contribution in [0.1, 0.15) is 18.4 Å². The van der Waals surface area contributed by atoms with Gasteiger partial charge in [0.25, 0.3) is 0 Å². The van der Waals surface area contributed by atoms with Crippen LogP contribution in [0.25, 0.3) is 0 Å². The van der Waals surface area contributed by atoms with Crippen LogP contribution in [0.3, 0.4) is 0 Å². The van der Waals surface area contributed by atoms with Crippen molar-refractivity contribution in [1.82, 2.24) is 4.90 Å². The zero-order valence-corrected chi connectivity index (χ0v) is 12.7. The summed E-state index contributed by atoms with van der Waals surface area (Å²) in [6, 6.07) is 5.50. The van der Waals surface area contributed by atoms with Gasteiger partial charge in [-0.3, -0.25) is 9.69 Å². The number of hydrogen-bond donors (Lipinski definition) is 1. The van der Waals surface area contributed by atoms with E-state index in [2.05, 4.69) is 10.2 Å². The second-order valence-electron chi connectivity index (χ2n) is 5.25. The third-order valence-corrected chi connectivity index (χ3v) is 4.03. The van der Waals surface area contributed by atoms with Crippen molar-refractivity contribution in [3.05, 3.63) is 28.8 Å². The second-order valence-corrected chi connectivity index (χ2v) is 5.65. The summed E-state index contributed by atoms with van der Waals surface area (Å²) in [4.78, 5) is 14.2. The average molecular weight is 297 g/mol. The van der Waals surface area contributed by atoms with Crippen LogP contribution in [0.2, 0.25) is 5.02 Å². The van der Waals surface area contributed by atoms with Gasteiger partial charge in [-0.1, -0.05) is 11.6 Å². The molecule has 1 heterocycles. The monoisotopic (exact) mass is 296 g/mol. The van der Waals surface area contributed by atoms with Crippen LogP contribution in [0.15, 0.2) is 18.2 Å². The molecular formula is C15H21ClN2O2. The standard InChI is InChI=1S/C15H21ClN2O2/c1-11-8-12(5-6-14(11)16)17-15(19)10-18-7-3-4-13(9-18)20-2/h5-6,8,13H,3-4,7,9-10H2,1-2H3,(H,17,19). The molecule has 1 amide bonds. The number of rotatable bonds is 4. The number of nitrogens with one attached hydrogen (secondary N) is 1. The van der Waals surface area contributed by atoms with Gasteiger partial charge in [0.15, 0.2) is 0 Å². The molecule has 0 saturated carbocycles. The van der Waals surface area contributed by atoms with E-state index < -0.39 is 0 Å². The molecule has 1 unspecified atom stereocenters. The molecule has 5 heteroatoms. The van der Waals surface area contributed by atoms with E-state index in [9.17, 15) is 4.79 Å². The van der Waals surface area contributed by atoms with Crippen molar-refractivity contribution >= 4 is 23.2 Å². The van der Waals surface area contributed by atoms with Gasteiger partial charge in [0, 0.05) is 24.4 Å². The van der Waals surface area contributed by atoms with E-state index in [1.807, 2.05) is 19.1 Å². The van der Waals surface area contributed by atoms with E-state index in [0.717, 1.165) is 37.2 Å². The molecule has 4 nitrogen and oxygen atoms in total. The zero-order valence-electron chi connectivity index (χ0n) is 12.0. The second kappa shape index (κ2) is 7.07. The minimum atomic E-state index is 0.00322. The molecule has 0 radical (unpaired) electrons. The van der Waals surface area contributed by atoms with E-state index in [1.54, 1.807) is 13.2 Å². The molecule has 1 aromatic rings. The van der Waals surface area contributed by atoms with Gasteiger partial charge in [-0.2, -0.15) is 0 Å². The maximum atomic E-state index is 12.0. The van der Waals surface area contributed by atoms with Crippen LogP contribution < -0.4 is 5.32 Å². The molecule has 1 saturated heterocycles. The number of nitrogens with zero attached hydrogens (tertiary/aromatic N) is 1. The Morgan fingerprint density at radius 1 is 1.55 bits per heavy atom. The lowest BCUT2D eigenvalue weighted by Crippen LogP contribution is -2.43. The van der Waals surface area contributed by atoms with E-state index in [-0.39, 0.29) is 12.0 Å². The topological polar surface area (TPSA) is 41.6 Å². The van der Waals surface area contributed by atoms with Gasteiger partial charge in [0.2, 0.25) is 5.91 Å². The molecule has 0 aromatic heterocycles. The fourth-order valence-electron chi connectivity index (χ4n) is 2.48. The fourth-order valence-corrected chi connectivity index (χ4v) is 2.59. The van der Waals surface area contributed by atoms with Crippen molar-refractivity contribution in [2.75, 3.05) is 32.1 Å². The first-order valence-electron chi connectivity index (χ1n) is 6.89. The highest BCUT2D eigenvalue weighted by atomic mass is 35.5. The van der Waals surface area contributed by atoms with Crippen LogP contribution in [-0.4, -0.2) is 43.7 Å². The zero-order chi connectivity index (χ0) is 14.5. The van der Waals surface area contributed by atoms with Crippen LogP contribution >= 0.6 is 11.6 Å². The number of amides is 1. The van der Waals surface area contributed by atoms with E-state index >= 15 is 0 Å². The predicted molar refractivity (Wildman–Crippen MR) is 81.3 cm³/mol. The first-order valence-corrected chi connectivity index (χ1v) is 7.27. The molecule has 1 aliphatic heterocycles. The Hall–Kier alpha value is -1.10. The molecular weight excluding hydrogens is 276 g/mol. The van der Waals surface area contributed by atoms with Gasteiger partial charge in [-0.25, -0.2) is 0 Å². The summed E-state index contributed by atoms with van der Waals surface area (Å²) < 4.78 is 5.36. The van der Waals surface area contributed by atoms with Crippen LogP contribution in [0, 0.1) is 6.92 Å². The Labute approximate surface area is 125 Å². The van der Waals surface area contributed by atoms with Crippen molar-refractivity contribution in [3.8, 4) is 0 Å². The molecule has 0 bridgehead atoms. The molecule has 1 fully saturated rings. The predicted octanol–water partition coefficient (Wildman–Crippen LogP) is 2.70. The highest BCUT2D eigenvalue weighted by molar-refractivity contribution is 6.31. The Morgan fingerprint density at radius 3 is 3.05 bits per heavy atom. The summed E-state index contributed by atoms with van der Waals surface area (Å²) in [6.07, 6.45) is 2.39. The van der Waals surface area contributed by atoms with Crippen LogP contribution in [0.5, 0.6) is 0 Å². The van der Waals surface area contributed by atoms with Gasteiger partial charge in [-0.15, -0.1) is 0 Å². The SMILES string of the molecule is COC1CCCN(CC(=O)Nc2ccc(Cl)c(C)c2)C1. The third-order valence-electron chi connectivity index (χ3n) is 3.60. The van der Waals surface area contributed by atoms with Crippen molar-refractivity contribution < 1.29 is 9.53 Å². The van der Waals surface area contributed by atoms with Gasteiger partial charge < -0.3 is 10.1 Å². The number of ether oxygens (including phenoxy) is 1.